The highest BCUT2D eigenvalue weighted by Crippen LogP contribution is 2.13. The van der Waals surface area contributed by atoms with Crippen molar-refractivity contribution in [3.8, 4) is 0 Å². The molecule has 1 fully saturated rings. The lowest BCUT2D eigenvalue weighted by atomic mass is 10.0. The molecule has 0 saturated carbocycles. The van der Waals surface area contributed by atoms with Crippen LogP contribution in [0.4, 0.5) is 0 Å². The molecule has 2 rings (SSSR count). The van der Waals surface area contributed by atoms with Crippen LogP contribution in [0, 0.1) is 0 Å². The van der Waals surface area contributed by atoms with Gasteiger partial charge in [-0.1, -0.05) is 77.6 Å². The standard InChI is InChI=1S/C27H41N3O5/c1-2-3-4-5-6-7-8-9-10-11-12-13-18-30-20-24(31)29-23(26(30)33)19-28-25(32)21-14-16-22(17-15-21)27(34)35/h14-17,23H,2-13,18-20H2,1H3,(H,28,32)(H,29,31)(H,34,35)/t23-/m0/s1. The lowest BCUT2D eigenvalue weighted by Gasteiger charge is -2.32. The van der Waals surface area contributed by atoms with Gasteiger partial charge >= 0.3 is 5.97 Å². The molecular weight excluding hydrogens is 446 g/mol. The quantitative estimate of drug-likeness (QED) is 0.286. The summed E-state index contributed by atoms with van der Waals surface area (Å²) in [6, 6.07) is 4.73. The highest BCUT2D eigenvalue weighted by atomic mass is 16.4. The maximum Gasteiger partial charge on any atom is 0.335 e. The Morgan fingerprint density at radius 3 is 1.94 bits per heavy atom. The predicted octanol–water partition coefficient (Wildman–Crippen LogP) is 4.14. The summed E-state index contributed by atoms with van der Waals surface area (Å²) in [4.78, 5) is 49.7. The van der Waals surface area contributed by atoms with Gasteiger partial charge < -0.3 is 20.6 Å². The third kappa shape index (κ3) is 10.5. The van der Waals surface area contributed by atoms with Crippen molar-refractivity contribution in [3.63, 3.8) is 0 Å². The summed E-state index contributed by atoms with van der Waals surface area (Å²) in [7, 11) is 0. The van der Waals surface area contributed by atoms with E-state index in [4.69, 9.17) is 5.11 Å². The minimum atomic E-state index is -1.07. The van der Waals surface area contributed by atoms with Crippen molar-refractivity contribution in [3.05, 3.63) is 35.4 Å². The van der Waals surface area contributed by atoms with Gasteiger partial charge in [-0.25, -0.2) is 4.79 Å². The molecule has 1 saturated heterocycles. The summed E-state index contributed by atoms with van der Waals surface area (Å²) in [6.07, 6.45) is 14.8. The molecule has 0 radical (unpaired) electrons. The second-order valence-corrected chi connectivity index (χ2v) is 9.36. The SMILES string of the molecule is CCCCCCCCCCCCCCN1CC(=O)N[C@@H](CNC(=O)c2ccc(C(=O)O)cc2)C1=O. The largest absolute Gasteiger partial charge is 0.478 e. The number of hydrogen-bond donors (Lipinski definition) is 3. The number of amides is 3. The van der Waals surface area contributed by atoms with Crippen molar-refractivity contribution in [1.29, 1.82) is 0 Å². The number of benzene rings is 1. The fraction of sp³-hybridized carbons (Fsp3) is 0.630. The Hall–Kier alpha value is -2.90. The lowest BCUT2D eigenvalue weighted by molar-refractivity contribution is -0.144. The number of unbranched alkanes of at least 4 members (excludes halogenated alkanes) is 11. The molecule has 1 aliphatic rings. The molecule has 0 unspecified atom stereocenters. The first-order valence-corrected chi connectivity index (χ1v) is 13.1. The Bertz CT molecular complexity index is 825. The topological polar surface area (TPSA) is 116 Å². The van der Waals surface area contributed by atoms with E-state index in [1.54, 1.807) is 4.90 Å². The van der Waals surface area contributed by atoms with Crippen molar-refractivity contribution in [2.75, 3.05) is 19.6 Å². The molecule has 3 N–H and O–H groups in total. The minimum Gasteiger partial charge on any atom is -0.478 e. The summed E-state index contributed by atoms with van der Waals surface area (Å²) in [5.74, 6) is -1.91. The fourth-order valence-corrected chi connectivity index (χ4v) is 4.31. The first kappa shape index (κ1) is 28.3. The van der Waals surface area contributed by atoms with E-state index in [-0.39, 0.29) is 36.0 Å². The van der Waals surface area contributed by atoms with Gasteiger partial charge in [-0.2, -0.15) is 0 Å². The number of piperazine rings is 1. The summed E-state index contributed by atoms with van der Waals surface area (Å²) < 4.78 is 0. The van der Waals surface area contributed by atoms with Crippen molar-refractivity contribution in [2.45, 2.75) is 90.0 Å². The molecule has 1 aromatic carbocycles. The van der Waals surface area contributed by atoms with Crippen LogP contribution >= 0.6 is 0 Å². The minimum absolute atomic E-state index is 0.0148. The van der Waals surface area contributed by atoms with Crippen LogP contribution in [0.5, 0.6) is 0 Å². The highest BCUT2D eigenvalue weighted by molar-refractivity contribution is 5.98. The van der Waals surface area contributed by atoms with Gasteiger partial charge in [0.1, 0.15) is 6.04 Å². The van der Waals surface area contributed by atoms with Crippen LogP contribution in [-0.4, -0.2) is 59.4 Å². The summed E-state index contributed by atoms with van der Waals surface area (Å²) in [6.45, 7) is 2.82. The number of nitrogens with one attached hydrogen (secondary N) is 2. The monoisotopic (exact) mass is 487 g/mol. The number of nitrogens with zero attached hydrogens (tertiary/aromatic N) is 1. The van der Waals surface area contributed by atoms with Crippen molar-refractivity contribution in [2.24, 2.45) is 0 Å². The number of carboxylic acid groups (broad SMARTS) is 1. The van der Waals surface area contributed by atoms with E-state index in [1.807, 2.05) is 0 Å². The van der Waals surface area contributed by atoms with E-state index in [2.05, 4.69) is 17.6 Å². The molecule has 0 spiro atoms. The Kier molecular flexibility index (Phi) is 12.9. The van der Waals surface area contributed by atoms with Gasteiger partial charge in [-0.15, -0.1) is 0 Å². The number of carbonyl (C=O) groups is 4. The molecule has 0 bridgehead atoms. The number of carboxylic acids is 1. The van der Waals surface area contributed by atoms with E-state index in [9.17, 15) is 19.2 Å². The van der Waals surface area contributed by atoms with Crippen LogP contribution in [0.15, 0.2) is 24.3 Å². The maximum absolute atomic E-state index is 12.8. The molecule has 8 nitrogen and oxygen atoms in total. The van der Waals surface area contributed by atoms with Crippen molar-refractivity contribution < 1.29 is 24.3 Å². The Morgan fingerprint density at radius 2 is 1.40 bits per heavy atom. The van der Waals surface area contributed by atoms with Crippen LogP contribution in [0.3, 0.4) is 0 Å². The molecule has 1 atom stereocenters. The summed E-state index contributed by atoms with van der Waals surface area (Å²) in [5, 5.41) is 14.3. The first-order chi connectivity index (χ1) is 16.9. The molecule has 3 amide bonds. The summed E-state index contributed by atoms with van der Waals surface area (Å²) in [5.41, 5.74) is 0.377. The van der Waals surface area contributed by atoms with Crippen molar-refractivity contribution >= 4 is 23.7 Å². The zero-order valence-electron chi connectivity index (χ0n) is 21.0. The Labute approximate surface area is 208 Å². The molecule has 0 aliphatic carbocycles. The predicted molar refractivity (Wildman–Crippen MR) is 135 cm³/mol. The van der Waals surface area contributed by atoms with Crippen LogP contribution in [0.25, 0.3) is 0 Å². The fourth-order valence-electron chi connectivity index (χ4n) is 4.31. The Balaban J connectivity index is 1.63. The molecule has 194 valence electrons. The lowest BCUT2D eigenvalue weighted by Crippen LogP contribution is -2.61. The Morgan fingerprint density at radius 1 is 0.886 bits per heavy atom. The van der Waals surface area contributed by atoms with E-state index in [1.165, 1.54) is 82.1 Å². The molecule has 1 aliphatic heterocycles. The van der Waals surface area contributed by atoms with E-state index in [0.717, 1.165) is 19.3 Å². The van der Waals surface area contributed by atoms with Gasteiger partial charge in [0.15, 0.2) is 0 Å². The highest BCUT2D eigenvalue weighted by Gasteiger charge is 2.32. The van der Waals surface area contributed by atoms with E-state index >= 15 is 0 Å². The number of hydrogen-bond acceptors (Lipinski definition) is 4. The molecule has 0 aromatic heterocycles. The van der Waals surface area contributed by atoms with Gasteiger partial charge in [-0.3, -0.25) is 14.4 Å². The molecule has 8 heteroatoms. The van der Waals surface area contributed by atoms with Crippen molar-refractivity contribution in [1.82, 2.24) is 15.5 Å². The molecular formula is C27H41N3O5. The first-order valence-electron chi connectivity index (χ1n) is 13.1. The van der Waals surface area contributed by atoms with Gasteiger partial charge in [-0.05, 0) is 30.7 Å². The van der Waals surface area contributed by atoms with Gasteiger partial charge in [0.05, 0.1) is 12.1 Å². The second-order valence-electron chi connectivity index (χ2n) is 9.36. The van der Waals surface area contributed by atoms with Gasteiger partial charge in [0, 0.05) is 18.7 Å². The molecule has 1 heterocycles. The second kappa shape index (κ2) is 15.9. The van der Waals surface area contributed by atoms with E-state index < -0.39 is 17.9 Å². The van der Waals surface area contributed by atoms with Gasteiger partial charge in [0.2, 0.25) is 11.8 Å². The maximum atomic E-state index is 12.8. The van der Waals surface area contributed by atoms with Crippen LogP contribution < -0.4 is 10.6 Å². The van der Waals surface area contributed by atoms with Crippen LogP contribution in [0.1, 0.15) is 105 Å². The smallest absolute Gasteiger partial charge is 0.335 e. The third-order valence-corrected chi connectivity index (χ3v) is 6.42. The third-order valence-electron chi connectivity index (χ3n) is 6.42. The number of carbonyl (C=O) groups excluding carboxylic acids is 3. The molecule has 35 heavy (non-hydrogen) atoms. The molecule has 1 aromatic rings. The zero-order valence-corrected chi connectivity index (χ0v) is 21.0. The van der Waals surface area contributed by atoms with E-state index in [0.29, 0.717) is 6.54 Å². The average Bonchev–Trinajstić information content (AvgIpc) is 2.85. The number of aromatic carboxylic acids is 1. The zero-order chi connectivity index (χ0) is 25.5. The normalized spacial score (nSPS) is 15.7. The van der Waals surface area contributed by atoms with Crippen LogP contribution in [0.2, 0.25) is 0 Å². The van der Waals surface area contributed by atoms with Crippen LogP contribution in [-0.2, 0) is 9.59 Å². The number of rotatable bonds is 17. The summed E-state index contributed by atoms with van der Waals surface area (Å²) >= 11 is 0. The van der Waals surface area contributed by atoms with Gasteiger partial charge in [0.25, 0.3) is 5.91 Å². The average molecular weight is 488 g/mol.